The smallest absolute Gasteiger partial charge is 0.339 e. The number of carboxylic acids is 1. The number of hydrogen-bond donors (Lipinski definition) is 1. The summed E-state index contributed by atoms with van der Waals surface area (Å²) >= 11 is 0. The first-order valence-corrected chi connectivity index (χ1v) is 7.25. The quantitative estimate of drug-likeness (QED) is 0.905. The summed E-state index contributed by atoms with van der Waals surface area (Å²) in [5, 5.41) is 9.20. The molecule has 2 fully saturated rings. The van der Waals surface area contributed by atoms with E-state index in [0.717, 1.165) is 43.1 Å². The molecule has 0 saturated heterocycles. The van der Waals surface area contributed by atoms with E-state index >= 15 is 0 Å². The van der Waals surface area contributed by atoms with Crippen LogP contribution in [0.5, 0.6) is 0 Å². The minimum absolute atomic E-state index is 0.301. The molecule has 1 N–H and O–H groups in total. The number of aromatic carboxylic acids is 1. The highest BCUT2D eigenvalue weighted by Gasteiger charge is 2.31. The van der Waals surface area contributed by atoms with Crippen molar-refractivity contribution >= 4 is 5.97 Å². The lowest BCUT2D eigenvalue weighted by atomic mass is 9.82. The number of nitrogens with zero attached hydrogens (tertiary/aromatic N) is 2. The summed E-state index contributed by atoms with van der Waals surface area (Å²) in [4.78, 5) is 20.1. The topological polar surface area (TPSA) is 63.1 Å². The fourth-order valence-electron chi connectivity index (χ4n) is 2.96. The van der Waals surface area contributed by atoms with Crippen LogP contribution >= 0.6 is 0 Å². The molecular weight excluding hydrogens is 240 g/mol. The van der Waals surface area contributed by atoms with E-state index in [1.165, 1.54) is 19.0 Å². The van der Waals surface area contributed by atoms with Gasteiger partial charge in [-0.05, 0) is 31.6 Å². The van der Waals surface area contributed by atoms with Crippen LogP contribution in [0.4, 0.5) is 0 Å². The largest absolute Gasteiger partial charge is 0.478 e. The molecule has 19 heavy (non-hydrogen) atoms. The molecule has 1 aromatic rings. The van der Waals surface area contributed by atoms with Crippen molar-refractivity contribution in [3.05, 3.63) is 23.3 Å². The Hall–Kier alpha value is -1.45. The van der Waals surface area contributed by atoms with E-state index in [-0.39, 0.29) is 0 Å². The minimum atomic E-state index is -0.897. The summed E-state index contributed by atoms with van der Waals surface area (Å²) in [7, 11) is 0. The van der Waals surface area contributed by atoms with Gasteiger partial charge in [0.15, 0.2) is 0 Å². The van der Waals surface area contributed by atoms with Crippen LogP contribution in [0.15, 0.2) is 6.20 Å². The van der Waals surface area contributed by atoms with Gasteiger partial charge in [-0.3, -0.25) is 0 Å². The number of rotatable bonds is 3. The Morgan fingerprint density at radius 3 is 2.37 bits per heavy atom. The molecule has 4 nitrogen and oxygen atoms in total. The zero-order valence-corrected chi connectivity index (χ0v) is 11.3. The van der Waals surface area contributed by atoms with E-state index in [1.54, 1.807) is 0 Å². The fourth-order valence-corrected chi connectivity index (χ4v) is 2.96. The van der Waals surface area contributed by atoms with Gasteiger partial charge in [0.25, 0.3) is 0 Å². The van der Waals surface area contributed by atoms with Gasteiger partial charge in [0.2, 0.25) is 0 Å². The minimum Gasteiger partial charge on any atom is -0.478 e. The lowest BCUT2D eigenvalue weighted by molar-refractivity contribution is 0.0694. The maximum atomic E-state index is 11.2. The highest BCUT2D eigenvalue weighted by molar-refractivity contribution is 5.88. The predicted molar refractivity (Wildman–Crippen MR) is 71.3 cm³/mol. The molecule has 0 aliphatic heterocycles. The highest BCUT2D eigenvalue weighted by Crippen LogP contribution is 2.41. The number of carbonyl (C=O) groups is 1. The van der Waals surface area contributed by atoms with Crippen molar-refractivity contribution in [2.75, 3.05) is 0 Å². The maximum absolute atomic E-state index is 11.2. The van der Waals surface area contributed by atoms with E-state index < -0.39 is 5.97 Å². The van der Waals surface area contributed by atoms with Gasteiger partial charge in [0.05, 0.1) is 11.3 Å². The molecular formula is C15H20N2O2. The average molecular weight is 260 g/mol. The molecule has 0 bridgehead atoms. The molecule has 1 heterocycles. The lowest BCUT2D eigenvalue weighted by Gasteiger charge is -2.25. The summed E-state index contributed by atoms with van der Waals surface area (Å²) in [6.45, 7) is 2.29. The van der Waals surface area contributed by atoms with E-state index in [0.29, 0.717) is 17.4 Å². The van der Waals surface area contributed by atoms with Gasteiger partial charge in [-0.2, -0.15) is 0 Å². The van der Waals surface area contributed by atoms with Crippen molar-refractivity contribution in [3.8, 4) is 0 Å². The van der Waals surface area contributed by atoms with Gasteiger partial charge in [0, 0.05) is 18.0 Å². The lowest BCUT2D eigenvalue weighted by Crippen LogP contribution is -2.16. The fraction of sp³-hybridized carbons (Fsp3) is 0.667. The molecule has 0 aromatic carbocycles. The van der Waals surface area contributed by atoms with E-state index in [2.05, 4.69) is 16.9 Å². The first-order chi connectivity index (χ1) is 9.15. The van der Waals surface area contributed by atoms with Gasteiger partial charge in [-0.1, -0.05) is 19.8 Å². The molecule has 3 rings (SSSR count). The summed E-state index contributed by atoms with van der Waals surface area (Å²) in [5.41, 5.74) is 1.08. The van der Waals surface area contributed by atoms with Crippen molar-refractivity contribution in [1.29, 1.82) is 0 Å². The van der Waals surface area contributed by atoms with Gasteiger partial charge >= 0.3 is 5.97 Å². The third-order valence-corrected chi connectivity index (χ3v) is 4.41. The summed E-state index contributed by atoms with van der Waals surface area (Å²) < 4.78 is 0. The van der Waals surface area contributed by atoms with Gasteiger partial charge in [-0.25, -0.2) is 14.8 Å². The van der Waals surface area contributed by atoms with Crippen molar-refractivity contribution < 1.29 is 9.90 Å². The molecule has 102 valence electrons. The van der Waals surface area contributed by atoms with Crippen molar-refractivity contribution in [2.45, 2.75) is 57.3 Å². The van der Waals surface area contributed by atoms with Gasteiger partial charge in [0.1, 0.15) is 5.82 Å². The Morgan fingerprint density at radius 2 is 1.79 bits per heavy atom. The molecule has 0 spiro atoms. The van der Waals surface area contributed by atoms with Crippen molar-refractivity contribution in [1.82, 2.24) is 9.97 Å². The van der Waals surface area contributed by atoms with Crippen LogP contribution < -0.4 is 0 Å². The van der Waals surface area contributed by atoms with Crippen LogP contribution in [0.2, 0.25) is 0 Å². The van der Waals surface area contributed by atoms with E-state index in [9.17, 15) is 9.90 Å². The normalized spacial score (nSPS) is 27.2. The van der Waals surface area contributed by atoms with Gasteiger partial charge in [-0.15, -0.1) is 0 Å². The molecule has 2 aliphatic carbocycles. The maximum Gasteiger partial charge on any atom is 0.339 e. The molecule has 4 heteroatoms. The Bertz CT molecular complexity index is 489. The van der Waals surface area contributed by atoms with E-state index in [1.807, 2.05) is 0 Å². The number of carboxylic acid groups (broad SMARTS) is 1. The first kappa shape index (κ1) is 12.6. The third kappa shape index (κ3) is 2.62. The monoisotopic (exact) mass is 260 g/mol. The highest BCUT2D eigenvalue weighted by atomic mass is 16.4. The predicted octanol–water partition coefficient (Wildman–Crippen LogP) is 3.35. The third-order valence-electron chi connectivity index (χ3n) is 4.41. The standard InChI is InChI=1S/C15H20N2O2/c1-9-2-4-11(5-3-9)14-16-8-12(15(18)19)13(17-14)10-6-7-10/h8-11H,2-7H2,1H3,(H,18,19). The molecule has 0 amide bonds. The second kappa shape index (κ2) is 4.91. The molecule has 2 aliphatic rings. The first-order valence-electron chi connectivity index (χ1n) is 7.25. The van der Waals surface area contributed by atoms with Crippen LogP contribution in [0, 0.1) is 5.92 Å². The van der Waals surface area contributed by atoms with E-state index in [4.69, 9.17) is 0 Å². The van der Waals surface area contributed by atoms with Crippen LogP contribution in [-0.4, -0.2) is 21.0 Å². The molecule has 1 aromatic heterocycles. The zero-order valence-electron chi connectivity index (χ0n) is 11.3. The molecule has 0 unspecified atom stereocenters. The van der Waals surface area contributed by atoms with Gasteiger partial charge < -0.3 is 5.11 Å². The van der Waals surface area contributed by atoms with Crippen LogP contribution in [-0.2, 0) is 0 Å². The molecule has 2 saturated carbocycles. The Labute approximate surface area is 113 Å². The SMILES string of the molecule is CC1CCC(c2ncc(C(=O)O)c(C3CC3)n2)CC1. The summed E-state index contributed by atoms with van der Waals surface area (Å²) in [6, 6.07) is 0. The Kier molecular flexibility index (Phi) is 3.25. The molecule has 0 radical (unpaired) electrons. The summed E-state index contributed by atoms with van der Waals surface area (Å²) in [6.07, 6.45) is 8.39. The second-order valence-electron chi connectivity index (χ2n) is 6.06. The molecule has 0 atom stereocenters. The van der Waals surface area contributed by atoms with Crippen LogP contribution in [0.25, 0.3) is 0 Å². The number of aromatic nitrogens is 2. The average Bonchev–Trinajstić information content (AvgIpc) is 3.23. The Morgan fingerprint density at radius 1 is 1.16 bits per heavy atom. The zero-order chi connectivity index (χ0) is 13.4. The Balaban J connectivity index is 1.86. The number of hydrogen-bond acceptors (Lipinski definition) is 3. The van der Waals surface area contributed by atoms with Crippen LogP contribution in [0.3, 0.4) is 0 Å². The van der Waals surface area contributed by atoms with Crippen LogP contribution in [0.1, 0.15) is 79.2 Å². The van der Waals surface area contributed by atoms with Crippen molar-refractivity contribution in [3.63, 3.8) is 0 Å². The second-order valence-corrected chi connectivity index (χ2v) is 6.06. The van der Waals surface area contributed by atoms with Crippen molar-refractivity contribution in [2.24, 2.45) is 5.92 Å². The summed E-state index contributed by atoms with van der Waals surface area (Å²) in [5.74, 6) is 1.56.